The minimum Gasteiger partial charge on any atom is -0.329 e. The molecule has 1 aliphatic heterocycles. The summed E-state index contributed by atoms with van der Waals surface area (Å²) in [5.74, 6) is -0.177. The summed E-state index contributed by atoms with van der Waals surface area (Å²) in [6.07, 6.45) is 1.39. The van der Waals surface area contributed by atoms with Gasteiger partial charge >= 0.3 is 6.03 Å². The Kier molecular flexibility index (Phi) is 3.10. The molecule has 0 aromatic rings. The summed E-state index contributed by atoms with van der Waals surface area (Å²) >= 11 is 0. The van der Waals surface area contributed by atoms with Crippen LogP contribution in [0.4, 0.5) is 4.79 Å². The van der Waals surface area contributed by atoms with Crippen molar-refractivity contribution in [3.8, 4) is 0 Å². The first-order valence-corrected chi connectivity index (χ1v) is 4.92. The maximum absolute atomic E-state index is 11.5. The number of nitrogens with one attached hydrogen (secondary N) is 1. The second-order valence-corrected chi connectivity index (χ2v) is 3.52. The Hall–Kier alpha value is -1.10. The minimum absolute atomic E-state index is 0.0978. The van der Waals surface area contributed by atoms with E-state index in [1.807, 2.05) is 13.8 Å². The molecule has 3 N–H and O–H groups in total. The average molecular weight is 199 g/mol. The molecule has 0 aromatic carbocycles. The molecule has 5 heteroatoms. The molecule has 1 rings (SSSR count). The largest absolute Gasteiger partial charge is 0.329 e. The Morgan fingerprint density at radius 2 is 2.00 bits per heavy atom. The Morgan fingerprint density at radius 1 is 1.43 bits per heavy atom. The number of carbonyl (C=O) groups is 2. The van der Waals surface area contributed by atoms with Crippen molar-refractivity contribution in [2.45, 2.75) is 32.2 Å². The summed E-state index contributed by atoms with van der Waals surface area (Å²) in [5, 5.41) is 2.51. The SMILES string of the molecule is CCC(CC)(CN)N1C(=O)CNC1=O. The number of urea groups is 1. The van der Waals surface area contributed by atoms with E-state index in [1.54, 1.807) is 0 Å². The van der Waals surface area contributed by atoms with Gasteiger partial charge in [-0.1, -0.05) is 13.8 Å². The summed E-state index contributed by atoms with van der Waals surface area (Å²) < 4.78 is 0. The van der Waals surface area contributed by atoms with E-state index in [0.717, 1.165) is 0 Å². The summed E-state index contributed by atoms with van der Waals surface area (Å²) in [7, 11) is 0. The highest BCUT2D eigenvalue weighted by Crippen LogP contribution is 2.24. The molecule has 1 saturated heterocycles. The van der Waals surface area contributed by atoms with E-state index < -0.39 is 5.54 Å². The maximum Gasteiger partial charge on any atom is 0.325 e. The van der Waals surface area contributed by atoms with Gasteiger partial charge in [0.25, 0.3) is 5.91 Å². The fourth-order valence-electron chi connectivity index (χ4n) is 1.85. The predicted octanol–water partition coefficient (Wildman–Crippen LogP) is 0.0557. The number of nitrogens with two attached hydrogens (primary N) is 1. The van der Waals surface area contributed by atoms with Crippen LogP contribution in [0.2, 0.25) is 0 Å². The Balaban J connectivity index is 2.97. The zero-order valence-corrected chi connectivity index (χ0v) is 8.67. The van der Waals surface area contributed by atoms with Gasteiger partial charge in [-0.2, -0.15) is 0 Å². The van der Waals surface area contributed by atoms with Gasteiger partial charge in [0.15, 0.2) is 0 Å². The van der Waals surface area contributed by atoms with Crippen LogP contribution in [0.1, 0.15) is 26.7 Å². The zero-order valence-electron chi connectivity index (χ0n) is 8.67. The van der Waals surface area contributed by atoms with Crippen LogP contribution in [0.15, 0.2) is 0 Å². The lowest BCUT2D eigenvalue weighted by molar-refractivity contribution is -0.129. The van der Waals surface area contributed by atoms with Crippen molar-refractivity contribution < 1.29 is 9.59 Å². The van der Waals surface area contributed by atoms with Gasteiger partial charge in [-0.05, 0) is 12.8 Å². The van der Waals surface area contributed by atoms with Crippen LogP contribution in [0.3, 0.4) is 0 Å². The molecule has 80 valence electrons. The van der Waals surface area contributed by atoms with Gasteiger partial charge in [-0.3, -0.25) is 9.69 Å². The molecule has 0 aromatic heterocycles. The van der Waals surface area contributed by atoms with E-state index >= 15 is 0 Å². The normalized spacial score (nSPS) is 17.5. The summed E-state index contributed by atoms with van der Waals surface area (Å²) in [5.41, 5.74) is 5.16. The maximum atomic E-state index is 11.5. The molecular formula is C9H17N3O2. The van der Waals surface area contributed by atoms with E-state index in [0.29, 0.717) is 19.4 Å². The molecule has 0 saturated carbocycles. The predicted molar refractivity (Wildman–Crippen MR) is 52.6 cm³/mol. The van der Waals surface area contributed by atoms with Crippen LogP contribution in [0.5, 0.6) is 0 Å². The van der Waals surface area contributed by atoms with Crippen LogP contribution >= 0.6 is 0 Å². The third-order valence-electron chi connectivity index (χ3n) is 3.01. The average Bonchev–Trinajstić information content (AvgIpc) is 2.53. The third-order valence-corrected chi connectivity index (χ3v) is 3.01. The van der Waals surface area contributed by atoms with Crippen molar-refractivity contribution in [2.24, 2.45) is 5.73 Å². The van der Waals surface area contributed by atoms with Crippen LogP contribution in [-0.4, -0.2) is 35.5 Å². The standard InChI is InChI=1S/C9H17N3O2/c1-3-9(4-2,6-10)12-7(13)5-11-8(12)14/h3-6,10H2,1-2H3,(H,11,14). The molecule has 0 radical (unpaired) electrons. The number of imide groups is 1. The molecule has 5 nitrogen and oxygen atoms in total. The number of hydrogen-bond donors (Lipinski definition) is 2. The van der Waals surface area contributed by atoms with Crippen LogP contribution in [-0.2, 0) is 4.79 Å². The Morgan fingerprint density at radius 3 is 2.29 bits per heavy atom. The van der Waals surface area contributed by atoms with Crippen molar-refractivity contribution in [2.75, 3.05) is 13.1 Å². The molecule has 14 heavy (non-hydrogen) atoms. The smallest absolute Gasteiger partial charge is 0.325 e. The fourth-order valence-corrected chi connectivity index (χ4v) is 1.85. The van der Waals surface area contributed by atoms with Crippen LogP contribution < -0.4 is 11.1 Å². The minimum atomic E-state index is -0.502. The highest BCUT2D eigenvalue weighted by atomic mass is 16.2. The Bertz CT molecular complexity index is 224. The lowest BCUT2D eigenvalue weighted by Crippen LogP contribution is -2.56. The number of carbonyl (C=O) groups excluding carboxylic acids is 2. The molecule has 1 heterocycles. The monoisotopic (exact) mass is 199 g/mol. The van der Waals surface area contributed by atoms with Gasteiger partial charge in [0.2, 0.25) is 0 Å². The van der Waals surface area contributed by atoms with E-state index in [2.05, 4.69) is 5.32 Å². The van der Waals surface area contributed by atoms with E-state index in [-0.39, 0.29) is 18.5 Å². The van der Waals surface area contributed by atoms with Crippen molar-refractivity contribution in [1.82, 2.24) is 10.2 Å². The number of nitrogens with zero attached hydrogens (tertiary/aromatic N) is 1. The van der Waals surface area contributed by atoms with E-state index in [9.17, 15) is 9.59 Å². The quantitative estimate of drug-likeness (QED) is 0.628. The summed E-state index contributed by atoms with van der Waals surface area (Å²) in [6.45, 7) is 4.30. The Labute approximate surface area is 83.6 Å². The van der Waals surface area contributed by atoms with Gasteiger partial charge in [-0.15, -0.1) is 0 Å². The second-order valence-electron chi connectivity index (χ2n) is 3.52. The second kappa shape index (κ2) is 3.96. The van der Waals surface area contributed by atoms with Crippen molar-refractivity contribution in [3.63, 3.8) is 0 Å². The van der Waals surface area contributed by atoms with E-state index in [4.69, 9.17) is 5.73 Å². The highest BCUT2D eigenvalue weighted by Gasteiger charge is 2.43. The molecule has 0 unspecified atom stereocenters. The zero-order chi connectivity index (χ0) is 10.8. The highest BCUT2D eigenvalue weighted by molar-refractivity contribution is 6.02. The summed E-state index contributed by atoms with van der Waals surface area (Å²) in [6, 6.07) is -0.316. The van der Waals surface area contributed by atoms with Gasteiger partial charge in [0, 0.05) is 6.54 Å². The van der Waals surface area contributed by atoms with Crippen molar-refractivity contribution in [3.05, 3.63) is 0 Å². The molecule has 0 bridgehead atoms. The first-order valence-electron chi connectivity index (χ1n) is 4.92. The first-order chi connectivity index (χ1) is 6.61. The lowest BCUT2D eigenvalue weighted by Gasteiger charge is -2.37. The first kappa shape index (κ1) is 11.0. The third kappa shape index (κ3) is 1.48. The molecule has 1 aliphatic rings. The number of rotatable bonds is 4. The fraction of sp³-hybridized carbons (Fsp3) is 0.778. The van der Waals surface area contributed by atoms with Crippen LogP contribution in [0.25, 0.3) is 0 Å². The van der Waals surface area contributed by atoms with Crippen LogP contribution in [0, 0.1) is 0 Å². The van der Waals surface area contributed by atoms with Gasteiger partial charge in [0.05, 0.1) is 12.1 Å². The molecular weight excluding hydrogens is 182 g/mol. The topological polar surface area (TPSA) is 75.4 Å². The van der Waals surface area contributed by atoms with Gasteiger partial charge in [0.1, 0.15) is 0 Å². The van der Waals surface area contributed by atoms with Crippen molar-refractivity contribution >= 4 is 11.9 Å². The molecule has 0 spiro atoms. The van der Waals surface area contributed by atoms with Gasteiger partial charge in [-0.25, -0.2) is 4.79 Å². The summed E-state index contributed by atoms with van der Waals surface area (Å²) in [4.78, 5) is 24.2. The lowest BCUT2D eigenvalue weighted by atomic mass is 9.91. The van der Waals surface area contributed by atoms with E-state index in [1.165, 1.54) is 4.90 Å². The molecule has 1 fully saturated rings. The van der Waals surface area contributed by atoms with Crippen molar-refractivity contribution in [1.29, 1.82) is 0 Å². The molecule has 0 atom stereocenters. The number of hydrogen-bond acceptors (Lipinski definition) is 3. The number of amides is 3. The molecule has 3 amide bonds. The molecule has 0 aliphatic carbocycles. The van der Waals surface area contributed by atoms with Gasteiger partial charge < -0.3 is 11.1 Å².